The van der Waals surface area contributed by atoms with E-state index in [4.69, 9.17) is 4.74 Å². The molecular weight excluding hydrogens is 226 g/mol. The number of fused-ring (bicyclic) bond motifs is 1. The van der Waals surface area contributed by atoms with Gasteiger partial charge in [0, 0.05) is 17.9 Å². The van der Waals surface area contributed by atoms with Crippen LogP contribution in [0.15, 0.2) is 42.7 Å². The highest BCUT2D eigenvalue weighted by Crippen LogP contribution is 2.12. The second kappa shape index (κ2) is 5.63. The number of pyridine rings is 1. The first kappa shape index (κ1) is 12.6. The number of carbonyl (C=O) groups is 1. The van der Waals surface area contributed by atoms with Gasteiger partial charge >= 0.3 is 5.97 Å². The van der Waals surface area contributed by atoms with E-state index in [1.165, 1.54) is 5.39 Å². The van der Waals surface area contributed by atoms with Gasteiger partial charge in [-0.05, 0) is 18.4 Å². The molecule has 94 valence electrons. The quantitative estimate of drug-likeness (QED) is 0.611. The second-order valence-corrected chi connectivity index (χ2v) is 4.20. The maximum atomic E-state index is 11.9. The maximum absolute atomic E-state index is 11.9. The van der Waals surface area contributed by atoms with E-state index in [1.807, 2.05) is 55.1 Å². The van der Waals surface area contributed by atoms with E-state index in [-0.39, 0.29) is 12.0 Å². The first-order valence-electron chi connectivity index (χ1n) is 6.32. The number of esters is 1. The minimum absolute atomic E-state index is 0.166. The number of benzene rings is 1. The van der Waals surface area contributed by atoms with E-state index in [0.717, 1.165) is 11.8 Å². The zero-order chi connectivity index (χ0) is 13.0. The van der Waals surface area contributed by atoms with Gasteiger partial charge in [-0.3, -0.25) is 0 Å². The topological polar surface area (TPSA) is 30.2 Å². The largest absolute Gasteiger partial charge is 0.461 e. The Morgan fingerprint density at radius 3 is 2.61 bits per heavy atom. The maximum Gasteiger partial charge on any atom is 0.375 e. The summed E-state index contributed by atoms with van der Waals surface area (Å²) in [6.45, 7) is 4.24. The molecule has 0 radical (unpaired) electrons. The molecule has 0 aliphatic heterocycles. The molecule has 0 bridgehead atoms. The van der Waals surface area contributed by atoms with E-state index in [2.05, 4.69) is 6.07 Å². The first-order valence-corrected chi connectivity index (χ1v) is 6.32. The predicted octanol–water partition coefficient (Wildman–Crippen LogP) is 2.64. The number of carbonyl (C=O) groups excluding carboxylic acids is 1. The normalized spacial score (nSPS) is 12.3. The monoisotopic (exact) mass is 244 g/mol. The van der Waals surface area contributed by atoms with Crippen LogP contribution in [0.4, 0.5) is 0 Å². The Kier molecular flexibility index (Phi) is 3.92. The van der Waals surface area contributed by atoms with Gasteiger partial charge in [0.05, 0.1) is 6.61 Å². The van der Waals surface area contributed by atoms with Crippen molar-refractivity contribution in [2.24, 2.45) is 0 Å². The molecule has 1 aromatic heterocycles. The first-order chi connectivity index (χ1) is 8.76. The lowest BCUT2D eigenvalue weighted by Crippen LogP contribution is -2.43. The van der Waals surface area contributed by atoms with Crippen LogP contribution in [0.3, 0.4) is 0 Å². The van der Waals surface area contributed by atoms with Crippen molar-refractivity contribution < 1.29 is 14.1 Å². The third-order valence-electron chi connectivity index (χ3n) is 3.02. The highest BCUT2D eigenvalue weighted by atomic mass is 16.5. The van der Waals surface area contributed by atoms with Crippen molar-refractivity contribution in [2.75, 3.05) is 6.61 Å². The average Bonchev–Trinajstić information content (AvgIpc) is 2.40. The van der Waals surface area contributed by atoms with E-state index in [0.29, 0.717) is 6.61 Å². The Bertz CT molecular complexity index is 551. The summed E-state index contributed by atoms with van der Waals surface area (Å²) in [5, 5.41) is 2.30. The molecule has 0 aliphatic carbocycles. The number of rotatable bonds is 4. The van der Waals surface area contributed by atoms with Crippen LogP contribution in [-0.4, -0.2) is 12.6 Å². The molecule has 0 aliphatic rings. The number of hydrogen-bond donors (Lipinski definition) is 0. The third kappa shape index (κ3) is 2.50. The Hall–Kier alpha value is -1.90. The van der Waals surface area contributed by atoms with Gasteiger partial charge in [-0.15, -0.1) is 0 Å². The van der Waals surface area contributed by atoms with E-state index >= 15 is 0 Å². The van der Waals surface area contributed by atoms with Crippen molar-refractivity contribution in [1.82, 2.24) is 0 Å². The summed E-state index contributed by atoms with van der Waals surface area (Å²) in [6, 6.07) is 9.90. The zero-order valence-electron chi connectivity index (χ0n) is 10.8. The number of nitrogens with zero attached hydrogens (tertiary/aromatic N) is 1. The average molecular weight is 244 g/mol. The van der Waals surface area contributed by atoms with Crippen LogP contribution in [-0.2, 0) is 9.53 Å². The summed E-state index contributed by atoms with van der Waals surface area (Å²) in [4.78, 5) is 11.9. The van der Waals surface area contributed by atoms with Crippen LogP contribution in [0.1, 0.15) is 26.3 Å². The van der Waals surface area contributed by atoms with Crippen LogP contribution in [0.2, 0.25) is 0 Å². The fourth-order valence-corrected chi connectivity index (χ4v) is 2.08. The van der Waals surface area contributed by atoms with Crippen molar-refractivity contribution in [2.45, 2.75) is 26.3 Å². The molecule has 1 aromatic carbocycles. The van der Waals surface area contributed by atoms with Gasteiger partial charge in [0.15, 0.2) is 12.4 Å². The molecule has 0 saturated heterocycles. The lowest BCUT2D eigenvalue weighted by Gasteiger charge is -2.09. The van der Waals surface area contributed by atoms with Gasteiger partial charge in [0.2, 0.25) is 0 Å². The summed E-state index contributed by atoms with van der Waals surface area (Å²) < 4.78 is 7.03. The Labute approximate surface area is 107 Å². The molecule has 2 rings (SSSR count). The molecule has 0 N–H and O–H groups in total. The Balaban J connectivity index is 2.36. The Morgan fingerprint density at radius 2 is 1.94 bits per heavy atom. The molecule has 3 nitrogen and oxygen atoms in total. The molecular formula is C15H18NO2+. The molecule has 2 aromatic rings. The molecule has 1 atom stereocenters. The van der Waals surface area contributed by atoms with Gasteiger partial charge in [-0.25, -0.2) is 4.79 Å². The number of ether oxygens (including phenoxy) is 1. The van der Waals surface area contributed by atoms with Crippen LogP contribution in [0.25, 0.3) is 10.8 Å². The molecule has 0 amide bonds. The predicted molar refractivity (Wildman–Crippen MR) is 70.1 cm³/mol. The fraction of sp³-hybridized carbons (Fsp3) is 0.333. The SMILES string of the molecule is CCOC(=O)[C@@H](CC)[n+]1ccc2ccccc2c1. The molecule has 1 heterocycles. The molecule has 0 spiro atoms. The van der Waals surface area contributed by atoms with Crippen molar-refractivity contribution in [3.05, 3.63) is 42.7 Å². The van der Waals surface area contributed by atoms with Gasteiger partial charge < -0.3 is 4.74 Å². The summed E-state index contributed by atoms with van der Waals surface area (Å²) in [7, 11) is 0. The second-order valence-electron chi connectivity index (χ2n) is 4.20. The van der Waals surface area contributed by atoms with Gasteiger partial charge in [0.25, 0.3) is 6.04 Å². The van der Waals surface area contributed by atoms with Crippen LogP contribution < -0.4 is 4.57 Å². The minimum Gasteiger partial charge on any atom is -0.461 e. The van der Waals surface area contributed by atoms with Crippen LogP contribution in [0, 0.1) is 0 Å². The van der Waals surface area contributed by atoms with E-state index in [9.17, 15) is 4.79 Å². The van der Waals surface area contributed by atoms with Crippen molar-refractivity contribution >= 4 is 16.7 Å². The highest BCUT2D eigenvalue weighted by molar-refractivity contribution is 5.80. The molecule has 0 fully saturated rings. The Morgan fingerprint density at radius 1 is 1.22 bits per heavy atom. The highest BCUT2D eigenvalue weighted by Gasteiger charge is 2.26. The third-order valence-corrected chi connectivity index (χ3v) is 3.02. The smallest absolute Gasteiger partial charge is 0.375 e. The summed E-state index contributed by atoms with van der Waals surface area (Å²) >= 11 is 0. The van der Waals surface area contributed by atoms with Gasteiger partial charge in [-0.1, -0.05) is 25.1 Å². The minimum atomic E-state index is -0.241. The number of hydrogen-bond acceptors (Lipinski definition) is 2. The van der Waals surface area contributed by atoms with Crippen LogP contribution in [0.5, 0.6) is 0 Å². The zero-order valence-corrected chi connectivity index (χ0v) is 10.8. The van der Waals surface area contributed by atoms with Crippen molar-refractivity contribution in [1.29, 1.82) is 0 Å². The summed E-state index contributed by atoms with van der Waals surface area (Å²) in [5.74, 6) is -0.166. The molecule has 3 heteroatoms. The van der Waals surface area contributed by atoms with Crippen LogP contribution >= 0.6 is 0 Å². The van der Waals surface area contributed by atoms with E-state index < -0.39 is 0 Å². The van der Waals surface area contributed by atoms with E-state index in [1.54, 1.807) is 0 Å². The standard InChI is InChI=1S/C15H18NO2/c1-3-14(15(17)18-4-2)16-10-9-12-7-5-6-8-13(12)11-16/h5-11,14H,3-4H2,1-2H3/q+1/t14-/m1/s1. The molecule has 0 unspecified atom stereocenters. The molecule has 0 saturated carbocycles. The van der Waals surface area contributed by atoms with Crippen molar-refractivity contribution in [3.8, 4) is 0 Å². The lowest BCUT2D eigenvalue weighted by molar-refractivity contribution is -0.709. The number of aromatic nitrogens is 1. The lowest BCUT2D eigenvalue weighted by atomic mass is 10.1. The summed E-state index contributed by atoms with van der Waals surface area (Å²) in [6.07, 6.45) is 4.66. The van der Waals surface area contributed by atoms with Gasteiger partial charge in [0.1, 0.15) is 0 Å². The summed E-state index contributed by atoms with van der Waals surface area (Å²) in [5.41, 5.74) is 0. The fourth-order valence-electron chi connectivity index (χ4n) is 2.08. The molecule has 18 heavy (non-hydrogen) atoms. The van der Waals surface area contributed by atoms with Crippen molar-refractivity contribution in [3.63, 3.8) is 0 Å². The van der Waals surface area contributed by atoms with Gasteiger partial charge in [-0.2, -0.15) is 4.57 Å².